The minimum absolute atomic E-state index is 0.0879. The molecule has 4 rings (SSSR count). The smallest absolute Gasteiger partial charge is 0.259 e. The summed E-state index contributed by atoms with van der Waals surface area (Å²) in [6.45, 7) is 8.46. The van der Waals surface area contributed by atoms with Gasteiger partial charge in [-0.2, -0.15) is 5.10 Å². The first-order valence-corrected chi connectivity index (χ1v) is 11.3. The monoisotopic (exact) mass is 432 g/mol. The van der Waals surface area contributed by atoms with Crippen LogP contribution >= 0.6 is 0 Å². The maximum Gasteiger partial charge on any atom is 0.259 e. The quantitative estimate of drug-likeness (QED) is 0.598. The van der Waals surface area contributed by atoms with Crippen LogP contribution < -0.4 is 5.32 Å². The fraction of sp³-hybridized carbons (Fsp3) is 0.423. The Morgan fingerprint density at radius 2 is 1.72 bits per heavy atom. The lowest BCUT2D eigenvalue weighted by Crippen LogP contribution is -2.18. The van der Waals surface area contributed by atoms with Crippen LogP contribution in [0.15, 0.2) is 48.8 Å². The summed E-state index contributed by atoms with van der Waals surface area (Å²) in [6, 6.07) is 12.2. The van der Waals surface area contributed by atoms with Crippen molar-refractivity contribution in [1.29, 1.82) is 0 Å². The number of rotatable bonds is 4. The van der Waals surface area contributed by atoms with Crippen LogP contribution in [0.4, 0.5) is 5.69 Å². The van der Waals surface area contributed by atoms with E-state index in [1.54, 1.807) is 17.1 Å². The number of aliphatic hydroxyl groups is 1. The molecule has 32 heavy (non-hydrogen) atoms. The summed E-state index contributed by atoms with van der Waals surface area (Å²) in [6.07, 6.45) is 6.70. The number of nitrogens with one attached hydrogen (secondary N) is 1. The zero-order valence-electron chi connectivity index (χ0n) is 19.3. The number of nitrogens with zero attached hydrogens (tertiary/aromatic N) is 3. The number of carbonyl (C=O) groups is 1. The fourth-order valence-corrected chi connectivity index (χ4v) is 4.29. The van der Waals surface area contributed by atoms with Crippen molar-refractivity contribution in [1.82, 2.24) is 14.8 Å². The average Bonchev–Trinajstić information content (AvgIpc) is 3.16. The number of carbonyl (C=O) groups excluding carboxylic acids is 1. The van der Waals surface area contributed by atoms with Crippen LogP contribution in [0.1, 0.15) is 79.7 Å². The summed E-state index contributed by atoms with van der Waals surface area (Å²) in [7, 11) is 0. The molecule has 0 aliphatic heterocycles. The molecule has 2 aromatic heterocycles. The van der Waals surface area contributed by atoms with E-state index >= 15 is 0 Å². The number of benzene rings is 1. The summed E-state index contributed by atoms with van der Waals surface area (Å²) in [5, 5.41) is 17.1. The highest BCUT2D eigenvalue weighted by molar-refractivity contribution is 6.04. The maximum absolute atomic E-state index is 12.9. The highest BCUT2D eigenvalue weighted by Crippen LogP contribution is 2.32. The van der Waals surface area contributed by atoms with E-state index in [0.717, 1.165) is 42.8 Å². The van der Waals surface area contributed by atoms with Gasteiger partial charge in [0.05, 0.1) is 41.1 Å². The van der Waals surface area contributed by atoms with Gasteiger partial charge in [-0.25, -0.2) is 4.68 Å². The van der Waals surface area contributed by atoms with E-state index in [1.165, 1.54) is 5.56 Å². The van der Waals surface area contributed by atoms with Crippen LogP contribution in [0, 0.1) is 6.92 Å². The SMILES string of the molecule is Cc1c(C(=O)Nc2ccc(C3CCC(O)CC3)nc2)cnn1-c1ccc(C(C)(C)C)cc1. The van der Waals surface area contributed by atoms with Crippen LogP contribution in [0.3, 0.4) is 0 Å². The number of hydrogen-bond acceptors (Lipinski definition) is 4. The Balaban J connectivity index is 1.45. The highest BCUT2D eigenvalue weighted by Gasteiger charge is 2.22. The van der Waals surface area contributed by atoms with Crippen LogP contribution in [-0.4, -0.2) is 31.9 Å². The normalized spacial score (nSPS) is 19.0. The van der Waals surface area contributed by atoms with Crippen molar-refractivity contribution in [2.45, 2.75) is 70.8 Å². The van der Waals surface area contributed by atoms with Crippen molar-refractivity contribution >= 4 is 11.6 Å². The molecule has 0 atom stereocenters. The van der Waals surface area contributed by atoms with Crippen LogP contribution in [0.5, 0.6) is 0 Å². The zero-order valence-corrected chi connectivity index (χ0v) is 19.3. The minimum Gasteiger partial charge on any atom is -0.393 e. The third kappa shape index (κ3) is 4.75. The summed E-state index contributed by atoms with van der Waals surface area (Å²) in [5.74, 6) is 0.184. The molecule has 1 saturated carbocycles. The summed E-state index contributed by atoms with van der Waals surface area (Å²) >= 11 is 0. The summed E-state index contributed by atoms with van der Waals surface area (Å²) in [4.78, 5) is 17.4. The van der Waals surface area contributed by atoms with E-state index in [2.05, 4.69) is 48.3 Å². The molecule has 0 radical (unpaired) electrons. The molecule has 1 amide bonds. The second-order valence-corrected chi connectivity index (χ2v) is 9.78. The largest absolute Gasteiger partial charge is 0.393 e. The molecule has 2 heterocycles. The van der Waals surface area contributed by atoms with E-state index in [4.69, 9.17) is 0 Å². The van der Waals surface area contributed by atoms with Crippen molar-refractivity contribution < 1.29 is 9.90 Å². The first-order valence-electron chi connectivity index (χ1n) is 11.3. The fourth-order valence-electron chi connectivity index (χ4n) is 4.29. The lowest BCUT2D eigenvalue weighted by atomic mass is 9.85. The molecule has 2 N–H and O–H groups in total. The van der Waals surface area contributed by atoms with Crippen molar-refractivity contribution in [3.05, 3.63) is 71.3 Å². The highest BCUT2D eigenvalue weighted by atomic mass is 16.3. The summed E-state index contributed by atoms with van der Waals surface area (Å²) in [5.41, 5.74) is 5.29. The minimum atomic E-state index is -0.199. The number of anilines is 1. The Kier molecular flexibility index (Phi) is 6.15. The Morgan fingerprint density at radius 3 is 2.31 bits per heavy atom. The Bertz CT molecular complexity index is 1070. The number of hydrogen-bond donors (Lipinski definition) is 2. The molecule has 1 aliphatic carbocycles. The molecule has 168 valence electrons. The number of amides is 1. The number of aliphatic hydroxyl groups excluding tert-OH is 1. The van der Waals surface area contributed by atoms with Crippen LogP contribution in [0.25, 0.3) is 5.69 Å². The molecule has 6 heteroatoms. The van der Waals surface area contributed by atoms with Gasteiger partial charge in [-0.05, 0) is 67.9 Å². The van der Waals surface area contributed by atoms with Gasteiger partial charge in [-0.1, -0.05) is 32.9 Å². The molecule has 1 aromatic carbocycles. The third-order valence-corrected chi connectivity index (χ3v) is 6.39. The standard InChI is InChI=1S/C26H32N4O2/c1-17-23(16-28-30(17)21-10-7-19(8-11-21)26(2,3)4)25(32)29-20-9-14-24(27-15-20)18-5-12-22(31)13-6-18/h7-11,14-16,18,22,31H,5-6,12-13H2,1-4H3,(H,29,32). The van der Waals surface area contributed by atoms with Gasteiger partial charge in [0.15, 0.2) is 0 Å². The third-order valence-electron chi connectivity index (χ3n) is 6.39. The van der Waals surface area contributed by atoms with Gasteiger partial charge in [-0.15, -0.1) is 0 Å². The molecule has 1 fully saturated rings. The first-order chi connectivity index (χ1) is 15.2. The van der Waals surface area contributed by atoms with Crippen molar-refractivity contribution in [3.8, 4) is 5.69 Å². The molecule has 6 nitrogen and oxygen atoms in total. The van der Waals surface area contributed by atoms with Crippen molar-refractivity contribution in [2.24, 2.45) is 0 Å². The van der Waals surface area contributed by atoms with Gasteiger partial charge in [-0.3, -0.25) is 9.78 Å². The molecule has 1 aliphatic rings. The lowest BCUT2D eigenvalue weighted by Gasteiger charge is -2.24. The Morgan fingerprint density at radius 1 is 1.03 bits per heavy atom. The van der Waals surface area contributed by atoms with Gasteiger partial charge in [0.2, 0.25) is 0 Å². The maximum atomic E-state index is 12.9. The lowest BCUT2D eigenvalue weighted by molar-refractivity contribution is 0.102. The van der Waals surface area contributed by atoms with Gasteiger partial charge < -0.3 is 10.4 Å². The molecule has 0 bridgehead atoms. The molecular weight excluding hydrogens is 400 g/mol. The molecule has 0 spiro atoms. The number of aromatic nitrogens is 3. The van der Waals surface area contributed by atoms with E-state index in [-0.39, 0.29) is 17.4 Å². The molecular formula is C26H32N4O2. The van der Waals surface area contributed by atoms with Gasteiger partial charge in [0, 0.05) is 11.6 Å². The van der Waals surface area contributed by atoms with E-state index in [1.807, 2.05) is 31.2 Å². The van der Waals surface area contributed by atoms with Crippen molar-refractivity contribution in [2.75, 3.05) is 5.32 Å². The molecule has 0 saturated heterocycles. The van der Waals surface area contributed by atoms with E-state index in [0.29, 0.717) is 17.2 Å². The molecule has 0 unspecified atom stereocenters. The second-order valence-electron chi connectivity index (χ2n) is 9.78. The van der Waals surface area contributed by atoms with Crippen LogP contribution in [0.2, 0.25) is 0 Å². The molecule has 3 aromatic rings. The average molecular weight is 433 g/mol. The van der Waals surface area contributed by atoms with Gasteiger partial charge >= 0.3 is 0 Å². The Hall–Kier alpha value is -2.99. The second kappa shape index (κ2) is 8.87. The van der Waals surface area contributed by atoms with Gasteiger partial charge in [0.1, 0.15) is 0 Å². The predicted molar refractivity (Wildman–Crippen MR) is 126 cm³/mol. The Labute approximate surface area is 189 Å². The van der Waals surface area contributed by atoms with E-state index < -0.39 is 0 Å². The van der Waals surface area contributed by atoms with E-state index in [9.17, 15) is 9.90 Å². The zero-order chi connectivity index (χ0) is 22.9. The first kappa shape index (κ1) is 22.2. The van der Waals surface area contributed by atoms with Crippen molar-refractivity contribution in [3.63, 3.8) is 0 Å². The van der Waals surface area contributed by atoms with Gasteiger partial charge in [0.25, 0.3) is 5.91 Å². The number of pyridine rings is 1. The van der Waals surface area contributed by atoms with Crippen LogP contribution in [-0.2, 0) is 5.41 Å². The topological polar surface area (TPSA) is 80.0 Å². The predicted octanol–water partition coefficient (Wildman–Crippen LogP) is 5.14. The summed E-state index contributed by atoms with van der Waals surface area (Å²) < 4.78 is 1.79.